The molecule has 0 fully saturated rings. The fraction of sp³-hybridized carbons (Fsp3) is 0.429. The monoisotopic (exact) mass is 300 g/mol. The van der Waals surface area contributed by atoms with E-state index in [2.05, 4.69) is 0 Å². The lowest BCUT2D eigenvalue weighted by Crippen LogP contribution is -2.45. The van der Waals surface area contributed by atoms with Crippen LogP contribution in [0.4, 0.5) is 8.78 Å². The number of carbonyl (C=O) groups is 2. The van der Waals surface area contributed by atoms with Crippen LogP contribution in [-0.2, 0) is 9.59 Å². The number of benzene rings is 1. The van der Waals surface area contributed by atoms with Crippen LogP contribution in [0.1, 0.15) is 13.8 Å². The summed E-state index contributed by atoms with van der Waals surface area (Å²) in [4.78, 5) is 24.1. The highest BCUT2D eigenvalue weighted by atomic mass is 19.1. The highest BCUT2D eigenvalue weighted by molar-refractivity contribution is 5.86. The molecule has 0 bridgehead atoms. The third-order valence-corrected chi connectivity index (χ3v) is 2.77. The Morgan fingerprint density at radius 2 is 1.95 bits per heavy atom. The first kappa shape index (κ1) is 16.9. The normalized spacial score (nSPS) is 12.1. The summed E-state index contributed by atoms with van der Waals surface area (Å²) in [6, 6.07) is 2.82. The van der Waals surface area contributed by atoms with Crippen LogP contribution in [0.25, 0.3) is 0 Å². The second-order valence-electron chi connectivity index (χ2n) is 5.02. The molecule has 1 aromatic carbocycles. The van der Waals surface area contributed by atoms with Crippen LogP contribution in [0.15, 0.2) is 18.2 Å². The maximum Gasteiger partial charge on any atom is 0.264 e. The van der Waals surface area contributed by atoms with E-state index in [0.29, 0.717) is 6.07 Å². The quantitative estimate of drug-likeness (QED) is 0.861. The van der Waals surface area contributed by atoms with Gasteiger partial charge in [-0.25, -0.2) is 8.78 Å². The van der Waals surface area contributed by atoms with Gasteiger partial charge >= 0.3 is 0 Å². The Hall–Kier alpha value is -2.18. The molecule has 116 valence electrons. The number of nitrogens with two attached hydrogens (primary N) is 1. The van der Waals surface area contributed by atoms with Crippen LogP contribution >= 0.6 is 0 Å². The fourth-order valence-electron chi connectivity index (χ4n) is 1.71. The number of hydrogen-bond acceptors (Lipinski definition) is 3. The number of carbonyl (C=O) groups excluding carboxylic acids is 2. The number of ether oxygens (including phenoxy) is 1. The molecular formula is C14H18F2N2O3. The first-order valence-corrected chi connectivity index (χ1v) is 6.37. The summed E-state index contributed by atoms with van der Waals surface area (Å²) in [5, 5.41) is 0. The van der Waals surface area contributed by atoms with Crippen molar-refractivity contribution >= 4 is 11.8 Å². The highest BCUT2D eigenvalue weighted by Crippen LogP contribution is 2.22. The molecule has 0 aliphatic rings. The number of amides is 2. The highest BCUT2D eigenvalue weighted by Gasteiger charge is 2.28. The Labute approximate surface area is 121 Å². The Morgan fingerprint density at radius 1 is 1.33 bits per heavy atom. The van der Waals surface area contributed by atoms with Gasteiger partial charge in [0.1, 0.15) is 5.82 Å². The maximum absolute atomic E-state index is 13.6. The van der Waals surface area contributed by atoms with Gasteiger partial charge in [-0.15, -0.1) is 0 Å². The molecule has 1 atom stereocenters. The SMILES string of the molecule is CC(C)[C@@H](Oc1ccc(F)cc1F)C(=O)N(C)CC(N)=O. The van der Waals surface area contributed by atoms with Crippen molar-refractivity contribution in [2.45, 2.75) is 20.0 Å². The van der Waals surface area contributed by atoms with E-state index in [1.165, 1.54) is 7.05 Å². The van der Waals surface area contributed by atoms with Crippen LogP contribution in [0, 0.1) is 17.6 Å². The number of rotatable bonds is 6. The molecule has 5 nitrogen and oxygen atoms in total. The Bertz CT molecular complexity index is 535. The first-order chi connectivity index (χ1) is 9.72. The standard InChI is InChI=1S/C14H18F2N2O3/c1-8(2)13(14(20)18(3)7-12(17)19)21-11-5-4-9(15)6-10(11)16/h4-6,8,13H,7H2,1-3H3,(H2,17,19)/t13-/m1/s1. The van der Waals surface area contributed by atoms with Gasteiger partial charge < -0.3 is 15.4 Å². The Kier molecular flexibility index (Phi) is 5.63. The second-order valence-corrected chi connectivity index (χ2v) is 5.02. The third-order valence-electron chi connectivity index (χ3n) is 2.77. The molecule has 0 radical (unpaired) electrons. The predicted octanol–water partition coefficient (Wildman–Crippen LogP) is 1.31. The molecule has 7 heteroatoms. The molecule has 0 spiro atoms. The van der Waals surface area contributed by atoms with E-state index in [9.17, 15) is 18.4 Å². The smallest absolute Gasteiger partial charge is 0.264 e. The van der Waals surface area contributed by atoms with Crippen LogP contribution in [0.3, 0.4) is 0 Å². The maximum atomic E-state index is 13.6. The van der Waals surface area contributed by atoms with Gasteiger partial charge in [-0.05, 0) is 18.1 Å². The van der Waals surface area contributed by atoms with Crippen molar-refractivity contribution in [1.82, 2.24) is 4.90 Å². The molecule has 0 aliphatic heterocycles. The third kappa shape index (κ3) is 4.70. The van der Waals surface area contributed by atoms with Crippen molar-refractivity contribution in [2.75, 3.05) is 13.6 Å². The van der Waals surface area contributed by atoms with Gasteiger partial charge in [-0.2, -0.15) is 0 Å². The summed E-state index contributed by atoms with van der Waals surface area (Å²) >= 11 is 0. The lowest BCUT2D eigenvalue weighted by atomic mass is 10.1. The summed E-state index contributed by atoms with van der Waals surface area (Å²) in [6.45, 7) is 3.15. The zero-order chi connectivity index (χ0) is 16.2. The minimum atomic E-state index is -1.01. The lowest BCUT2D eigenvalue weighted by Gasteiger charge is -2.26. The van der Waals surface area contributed by atoms with Gasteiger partial charge in [0.15, 0.2) is 17.7 Å². The molecule has 2 amide bonds. The molecule has 2 N–H and O–H groups in total. The first-order valence-electron chi connectivity index (χ1n) is 6.37. The van der Waals surface area contributed by atoms with Crippen LogP contribution in [0.2, 0.25) is 0 Å². The summed E-state index contributed by atoms with van der Waals surface area (Å²) in [5.41, 5.74) is 5.03. The average molecular weight is 300 g/mol. The van der Waals surface area contributed by atoms with Crippen molar-refractivity contribution < 1.29 is 23.1 Å². The number of likely N-dealkylation sites (N-methyl/N-ethyl adjacent to an activating group) is 1. The van der Waals surface area contributed by atoms with Crippen molar-refractivity contribution in [1.29, 1.82) is 0 Å². The van der Waals surface area contributed by atoms with E-state index in [1.807, 2.05) is 0 Å². The second kappa shape index (κ2) is 7.01. The summed E-state index contributed by atoms with van der Waals surface area (Å²) < 4.78 is 31.8. The van der Waals surface area contributed by atoms with E-state index in [0.717, 1.165) is 17.0 Å². The molecule has 0 saturated heterocycles. The number of halogens is 2. The van der Waals surface area contributed by atoms with Gasteiger partial charge in [-0.3, -0.25) is 9.59 Å². The molecular weight excluding hydrogens is 282 g/mol. The van der Waals surface area contributed by atoms with Crippen molar-refractivity contribution in [3.63, 3.8) is 0 Å². The zero-order valence-electron chi connectivity index (χ0n) is 12.1. The molecule has 21 heavy (non-hydrogen) atoms. The average Bonchev–Trinajstić information content (AvgIpc) is 2.35. The number of hydrogen-bond donors (Lipinski definition) is 1. The van der Waals surface area contributed by atoms with Gasteiger partial charge in [-0.1, -0.05) is 13.8 Å². The van der Waals surface area contributed by atoms with E-state index < -0.39 is 29.6 Å². The summed E-state index contributed by atoms with van der Waals surface area (Å²) in [7, 11) is 1.40. The molecule has 0 heterocycles. The summed E-state index contributed by atoms with van der Waals surface area (Å²) in [5.74, 6) is -3.31. The van der Waals surface area contributed by atoms with Crippen LogP contribution in [-0.4, -0.2) is 36.4 Å². The van der Waals surface area contributed by atoms with Crippen LogP contribution < -0.4 is 10.5 Å². The van der Waals surface area contributed by atoms with Crippen LogP contribution in [0.5, 0.6) is 5.75 Å². The molecule has 1 aromatic rings. The molecule has 0 saturated carbocycles. The van der Waals surface area contributed by atoms with Crippen molar-refractivity contribution in [2.24, 2.45) is 11.7 Å². The fourth-order valence-corrected chi connectivity index (χ4v) is 1.71. The lowest BCUT2D eigenvalue weighted by molar-refractivity contribution is -0.141. The summed E-state index contributed by atoms with van der Waals surface area (Å²) in [6.07, 6.45) is -1.01. The topological polar surface area (TPSA) is 72.6 Å². The van der Waals surface area contributed by atoms with E-state index >= 15 is 0 Å². The molecule has 0 unspecified atom stereocenters. The number of nitrogens with zero attached hydrogens (tertiary/aromatic N) is 1. The van der Waals surface area contributed by atoms with E-state index in [4.69, 9.17) is 10.5 Å². The Morgan fingerprint density at radius 3 is 2.43 bits per heavy atom. The number of primary amides is 1. The largest absolute Gasteiger partial charge is 0.477 e. The molecule has 0 aromatic heterocycles. The van der Waals surface area contributed by atoms with Crippen molar-refractivity contribution in [3.8, 4) is 5.75 Å². The minimum Gasteiger partial charge on any atom is -0.477 e. The van der Waals surface area contributed by atoms with E-state index in [1.54, 1.807) is 13.8 Å². The molecule has 1 rings (SSSR count). The Balaban J connectivity index is 2.92. The van der Waals surface area contributed by atoms with Crippen molar-refractivity contribution in [3.05, 3.63) is 29.8 Å². The predicted molar refractivity (Wildman–Crippen MR) is 72.4 cm³/mol. The van der Waals surface area contributed by atoms with Gasteiger partial charge in [0.2, 0.25) is 5.91 Å². The van der Waals surface area contributed by atoms with Gasteiger partial charge in [0.05, 0.1) is 6.54 Å². The van der Waals surface area contributed by atoms with Gasteiger partial charge in [0.25, 0.3) is 5.91 Å². The minimum absolute atomic E-state index is 0.226. The van der Waals surface area contributed by atoms with E-state index in [-0.39, 0.29) is 18.2 Å². The van der Waals surface area contributed by atoms with Gasteiger partial charge in [0, 0.05) is 13.1 Å². The zero-order valence-corrected chi connectivity index (χ0v) is 12.1. The molecule has 0 aliphatic carbocycles.